The van der Waals surface area contributed by atoms with Crippen LogP contribution in [0.1, 0.15) is 0 Å². The fourth-order valence-corrected chi connectivity index (χ4v) is 3.03. The number of nitrogens with one attached hydrogen (secondary N) is 1. The summed E-state index contributed by atoms with van der Waals surface area (Å²) < 4.78 is 11.8. The van der Waals surface area contributed by atoms with E-state index in [9.17, 15) is 4.79 Å². The van der Waals surface area contributed by atoms with Gasteiger partial charge in [-0.1, -0.05) is 35.5 Å². The van der Waals surface area contributed by atoms with Crippen molar-refractivity contribution in [3.05, 3.63) is 45.8 Å². The monoisotopic (exact) mass is 407 g/mol. The summed E-state index contributed by atoms with van der Waals surface area (Å²) in [6, 6.07) is 7.03. The smallest absolute Gasteiger partial charge is 0.270 e. The number of hydrogen-bond acceptors (Lipinski definition) is 8. The third-order valence-electron chi connectivity index (χ3n) is 3.83. The number of rotatable bonds is 7. The van der Waals surface area contributed by atoms with Crippen molar-refractivity contribution >= 4 is 40.3 Å². The Hall–Kier alpha value is -2.20. The highest BCUT2D eigenvalue weighted by molar-refractivity contribution is 7.98. The molecule has 10 heteroatoms. The lowest BCUT2D eigenvalue weighted by molar-refractivity contribution is -0.0915. The molecule has 1 N–H and O–H groups in total. The van der Waals surface area contributed by atoms with Crippen molar-refractivity contribution in [2.45, 2.75) is 11.4 Å². The Kier molecular flexibility index (Phi) is 6.27. The maximum Gasteiger partial charge on any atom is 0.270 e. The van der Waals surface area contributed by atoms with E-state index in [2.05, 4.69) is 20.3 Å². The van der Waals surface area contributed by atoms with Gasteiger partial charge in [-0.25, -0.2) is 14.5 Å². The molecule has 0 radical (unpaired) electrons. The van der Waals surface area contributed by atoms with Crippen LogP contribution in [0.5, 0.6) is 0 Å². The number of thioether (sulfide) groups is 1. The second kappa shape index (κ2) is 8.66. The predicted octanol–water partition coefficient (Wildman–Crippen LogP) is 2.58. The van der Waals surface area contributed by atoms with Crippen LogP contribution in [0.2, 0.25) is 5.02 Å². The van der Waals surface area contributed by atoms with Gasteiger partial charge in [-0.2, -0.15) is 4.98 Å². The molecule has 142 valence electrons. The molecule has 0 saturated heterocycles. The van der Waals surface area contributed by atoms with E-state index in [4.69, 9.17) is 21.1 Å². The molecule has 0 saturated carbocycles. The summed E-state index contributed by atoms with van der Waals surface area (Å²) in [5.74, 6) is 0.283. The highest BCUT2D eigenvalue weighted by Gasteiger charge is 2.17. The summed E-state index contributed by atoms with van der Waals surface area (Å²) in [5, 5.41) is 4.33. The van der Waals surface area contributed by atoms with Gasteiger partial charge in [-0.05, 0) is 18.4 Å². The highest BCUT2D eigenvalue weighted by Crippen LogP contribution is 2.23. The molecule has 0 aliphatic rings. The first-order valence-electron chi connectivity index (χ1n) is 7.97. The Morgan fingerprint density at radius 2 is 2.00 bits per heavy atom. The maximum atomic E-state index is 13.2. The number of benzene rings is 1. The molecular formula is C17H18ClN5O3S. The van der Waals surface area contributed by atoms with Gasteiger partial charge in [0.05, 0.1) is 17.3 Å². The largest absolute Gasteiger partial charge is 0.354 e. The lowest BCUT2D eigenvalue weighted by Crippen LogP contribution is -2.29. The number of para-hydroxylation sites is 1. The second-order valence-corrected chi connectivity index (χ2v) is 6.58. The van der Waals surface area contributed by atoms with Gasteiger partial charge in [0.25, 0.3) is 5.56 Å². The molecule has 2 aromatic heterocycles. The van der Waals surface area contributed by atoms with Gasteiger partial charge in [-0.3, -0.25) is 4.79 Å². The van der Waals surface area contributed by atoms with Crippen LogP contribution < -0.4 is 10.9 Å². The van der Waals surface area contributed by atoms with Crippen molar-refractivity contribution in [3.63, 3.8) is 0 Å². The molecule has 1 aromatic carbocycles. The van der Waals surface area contributed by atoms with Gasteiger partial charge in [-0.15, -0.1) is 0 Å². The standard InChI is InChI=1S/C17H18ClN5O3S/c1-25-13(26-2)9-19-16-21-14-10(8-20-17(22-14)27-3)15(24)23(16)12-7-5-4-6-11(12)18/h4-8,13H,9H2,1-3H3,(H,19,20,21,22). The number of hydrogen-bond donors (Lipinski definition) is 1. The van der Waals surface area contributed by atoms with Crippen molar-refractivity contribution in [3.8, 4) is 5.69 Å². The number of aromatic nitrogens is 4. The van der Waals surface area contributed by atoms with Gasteiger partial charge in [0.2, 0.25) is 5.95 Å². The number of halogens is 1. The average Bonchev–Trinajstić information content (AvgIpc) is 2.69. The minimum atomic E-state index is -0.510. The van der Waals surface area contributed by atoms with Gasteiger partial charge in [0, 0.05) is 20.4 Å². The SMILES string of the molecule is COC(CNc1nc2nc(SC)ncc2c(=O)n1-c1ccccc1Cl)OC. The zero-order chi connectivity index (χ0) is 19.4. The molecule has 2 heterocycles. The van der Waals surface area contributed by atoms with E-state index < -0.39 is 6.29 Å². The number of nitrogens with zero attached hydrogens (tertiary/aromatic N) is 4. The van der Waals surface area contributed by atoms with E-state index in [0.717, 1.165) is 0 Å². The molecule has 3 aromatic rings. The van der Waals surface area contributed by atoms with Crippen LogP contribution in [0.4, 0.5) is 5.95 Å². The van der Waals surface area contributed by atoms with Crippen LogP contribution in [-0.2, 0) is 9.47 Å². The summed E-state index contributed by atoms with van der Waals surface area (Å²) in [7, 11) is 3.06. The Labute approximate surface area is 164 Å². The molecule has 8 nitrogen and oxygen atoms in total. The van der Waals surface area contributed by atoms with Crippen molar-refractivity contribution in [1.82, 2.24) is 19.5 Å². The van der Waals surface area contributed by atoms with Crippen molar-refractivity contribution in [2.75, 3.05) is 32.3 Å². The fraction of sp³-hybridized carbons (Fsp3) is 0.294. The third-order valence-corrected chi connectivity index (χ3v) is 4.71. The molecule has 0 spiro atoms. The lowest BCUT2D eigenvalue weighted by Gasteiger charge is -2.18. The predicted molar refractivity (Wildman–Crippen MR) is 106 cm³/mol. The summed E-state index contributed by atoms with van der Waals surface area (Å²) in [6.45, 7) is 0.274. The molecule has 3 rings (SSSR count). The number of ether oxygens (including phenoxy) is 2. The van der Waals surface area contributed by atoms with Crippen LogP contribution in [-0.4, -0.2) is 52.8 Å². The normalized spacial score (nSPS) is 11.3. The average molecular weight is 408 g/mol. The molecular weight excluding hydrogens is 390 g/mol. The van der Waals surface area contributed by atoms with E-state index in [0.29, 0.717) is 26.9 Å². The Bertz CT molecular complexity index is 1010. The van der Waals surface area contributed by atoms with E-state index in [1.807, 2.05) is 6.26 Å². The van der Waals surface area contributed by atoms with Crippen molar-refractivity contribution in [2.24, 2.45) is 0 Å². The van der Waals surface area contributed by atoms with E-state index in [1.165, 1.54) is 36.7 Å². The molecule has 0 aliphatic carbocycles. The molecule has 0 atom stereocenters. The lowest BCUT2D eigenvalue weighted by atomic mass is 10.3. The summed E-state index contributed by atoms with van der Waals surface area (Å²) >= 11 is 7.69. The van der Waals surface area contributed by atoms with Crippen LogP contribution in [0.15, 0.2) is 40.4 Å². The van der Waals surface area contributed by atoms with Crippen LogP contribution in [0.3, 0.4) is 0 Å². The van der Waals surface area contributed by atoms with E-state index in [-0.39, 0.29) is 18.1 Å². The third kappa shape index (κ3) is 4.06. The fourth-order valence-electron chi connectivity index (χ4n) is 2.47. The number of anilines is 1. The quantitative estimate of drug-likeness (QED) is 0.363. The zero-order valence-corrected chi connectivity index (χ0v) is 16.5. The zero-order valence-electron chi connectivity index (χ0n) is 15.0. The highest BCUT2D eigenvalue weighted by atomic mass is 35.5. The molecule has 0 unspecified atom stereocenters. The molecule has 0 amide bonds. The molecule has 27 heavy (non-hydrogen) atoms. The van der Waals surface area contributed by atoms with Gasteiger partial charge < -0.3 is 14.8 Å². The Morgan fingerprint density at radius 1 is 1.26 bits per heavy atom. The first-order chi connectivity index (χ1) is 13.1. The molecule has 0 fully saturated rings. The van der Waals surface area contributed by atoms with Gasteiger partial charge in [0.1, 0.15) is 5.39 Å². The second-order valence-electron chi connectivity index (χ2n) is 5.40. The summed E-state index contributed by atoms with van der Waals surface area (Å²) in [6.07, 6.45) is 2.82. The van der Waals surface area contributed by atoms with Gasteiger partial charge in [0.15, 0.2) is 17.1 Å². The van der Waals surface area contributed by atoms with Crippen LogP contribution in [0.25, 0.3) is 16.7 Å². The maximum absolute atomic E-state index is 13.2. The van der Waals surface area contributed by atoms with Crippen molar-refractivity contribution in [1.29, 1.82) is 0 Å². The summed E-state index contributed by atoms with van der Waals surface area (Å²) in [5.41, 5.74) is 0.479. The molecule has 0 bridgehead atoms. The molecule has 0 aliphatic heterocycles. The van der Waals surface area contributed by atoms with Crippen LogP contribution in [0, 0.1) is 0 Å². The summed E-state index contributed by atoms with van der Waals surface area (Å²) in [4.78, 5) is 26.2. The van der Waals surface area contributed by atoms with Crippen LogP contribution >= 0.6 is 23.4 Å². The number of methoxy groups -OCH3 is 2. The topological polar surface area (TPSA) is 91.2 Å². The van der Waals surface area contributed by atoms with Gasteiger partial charge >= 0.3 is 0 Å². The minimum absolute atomic E-state index is 0.274. The first kappa shape index (κ1) is 19.6. The Morgan fingerprint density at radius 3 is 2.67 bits per heavy atom. The number of fused-ring (bicyclic) bond motifs is 1. The first-order valence-corrected chi connectivity index (χ1v) is 9.57. The van der Waals surface area contributed by atoms with E-state index >= 15 is 0 Å². The Balaban J connectivity index is 2.20. The van der Waals surface area contributed by atoms with E-state index in [1.54, 1.807) is 24.3 Å². The minimum Gasteiger partial charge on any atom is -0.354 e. The van der Waals surface area contributed by atoms with Crippen molar-refractivity contribution < 1.29 is 9.47 Å².